The van der Waals surface area contributed by atoms with Gasteiger partial charge in [-0.15, -0.1) is 0 Å². The molecule has 2 aromatic carbocycles. The average Bonchev–Trinajstić information content (AvgIpc) is 2.66. The highest BCUT2D eigenvalue weighted by Gasteiger charge is 2.18. The topological polar surface area (TPSA) is 90.9 Å². The standard InChI is InChI=1S/C20H25NO6S/c1-14-5-10-19(26-4)17(11-14)13-27-20(22)16-6-8-18(9-7-16)28(23,24)21-15(2)12-25-3/h5-11,15,21H,12-13H2,1-4H3/t15-/m1/s1. The van der Waals surface area contributed by atoms with E-state index in [4.69, 9.17) is 14.2 Å². The molecule has 2 rings (SSSR count). The van der Waals surface area contributed by atoms with Crippen LogP contribution in [-0.2, 0) is 26.1 Å². The number of methoxy groups -OCH3 is 2. The van der Waals surface area contributed by atoms with Crippen molar-refractivity contribution in [3.05, 3.63) is 59.2 Å². The monoisotopic (exact) mass is 407 g/mol. The van der Waals surface area contributed by atoms with Gasteiger partial charge in [0.15, 0.2) is 0 Å². The normalized spacial score (nSPS) is 12.4. The zero-order valence-electron chi connectivity index (χ0n) is 16.4. The summed E-state index contributed by atoms with van der Waals surface area (Å²) < 4.78 is 42.7. The third-order valence-corrected chi connectivity index (χ3v) is 5.57. The van der Waals surface area contributed by atoms with Gasteiger partial charge in [-0.1, -0.05) is 11.6 Å². The molecule has 0 aromatic heterocycles. The first-order valence-electron chi connectivity index (χ1n) is 8.69. The number of carbonyl (C=O) groups excluding carboxylic acids is 1. The van der Waals surface area contributed by atoms with Crippen molar-refractivity contribution in [2.45, 2.75) is 31.4 Å². The molecule has 0 unspecified atom stereocenters. The maximum absolute atomic E-state index is 12.3. The first-order chi connectivity index (χ1) is 13.3. The number of hydrogen-bond acceptors (Lipinski definition) is 6. The molecule has 28 heavy (non-hydrogen) atoms. The molecule has 2 aromatic rings. The lowest BCUT2D eigenvalue weighted by Gasteiger charge is -2.13. The molecule has 0 aliphatic carbocycles. The Morgan fingerprint density at radius 1 is 1.11 bits per heavy atom. The number of nitrogens with one attached hydrogen (secondary N) is 1. The van der Waals surface area contributed by atoms with Gasteiger partial charge >= 0.3 is 5.97 Å². The van der Waals surface area contributed by atoms with Crippen LogP contribution in [0.15, 0.2) is 47.4 Å². The first-order valence-corrected chi connectivity index (χ1v) is 10.2. The summed E-state index contributed by atoms with van der Waals surface area (Å²) in [5.74, 6) is 0.0873. The zero-order chi connectivity index (χ0) is 20.7. The third-order valence-electron chi connectivity index (χ3n) is 3.97. The SMILES string of the molecule is COC[C@@H](C)NS(=O)(=O)c1ccc(C(=O)OCc2cc(C)ccc2OC)cc1. The molecule has 0 aliphatic heterocycles. The summed E-state index contributed by atoms with van der Waals surface area (Å²) in [4.78, 5) is 12.3. The Balaban J connectivity index is 2.05. The minimum atomic E-state index is -3.69. The Morgan fingerprint density at radius 3 is 2.39 bits per heavy atom. The lowest BCUT2D eigenvalue weighted by atomic mass is 10.1. The Bertz CT molecular complexity index is 909. The van der Waals surface area contributed by atoms with Crippen LogP contribution in [0.25, 0.3) is 0 Å². The summed E-state index contributed by atoms with van der Waals surface area (Å²) >= 11 is 0. The molecule has 152 valence electrons. The third kappa shape index (κ3) is 5.79. The number of benzene rings is 2. The van der Waals surface area contributed by atoms with E-state index in [1.165, 1.54) is 31.4 Å². The van der Waals surface area contributed by atoms with Crippen molar-refractivity contribution in [2.75, 3.05) is 20.8 Å². The fourth-order valence-electron chi connectivity index (χ4n) is 2.63. The van der Waals surface area contributed by atoms with Crippen molar-refractivity contribution in [1.82, 2.24) is 4.72 Å². The second kappa shape index (κ2) is 9.68. The zero-order valence-corrected chi connectivity index (χ0v) is 17.2. The maximum atomic E-state index is 12.3. The fraction of sp³-hybridized carbons (Fsp3) is 0.350. The number of esters is 1. The van der Waals surface area contributed by atoms with Crippen molar-refractivity contribution < 1.29 is 27.4 Å². The minimum absolute atomic E-state index is 0.0554. The van der Waals surface area contributed by atoms with Crippen LogP contribution in [0.5, 0.6) is 5.75 Å². The van der Waals surface area contributed by atoms with Crippen LogP contribution >= 0.6 is 0 Å². The number of carbonyl (C=O) groups is 1. The molecule has 0 radical (unpaired) electrons. The van der Waals surface area contributed by atoms with E-state index in [0.717, 1.165) is 11.1 Å². The van der Waals surface area contributed by atoms with E-state index in [0.29, 0.717) is 5.75 Å². The van der Waals surface area contributed by atoms with Crippen LogP contribution < -0.4 is 9.46 Å². The molecule has 7 nitrogen and oxygen atoms in total. The van der Waals surface area contributed by atoms with E-state index in [2.05, 4.69) is 4.72 Å². The average molecular weight is 407 g/mol. The molecular formula is C20H25NO6S. The van der Waals surface area contributed by atoms with Crippen molar-refractivity contribution in [1.29, 1.82) is 0 Å². The number of sulfonamides is 1. The van der Waals surface area contributed by atoms with Crippen LogP contribution in [0.2, 0.25) is 0 Å². The van der Waals surface area contributed by atoms with E-state index in [9.17, 15) is 13.2 Å². The highest BCUT2D eigenvalue weighted by Crippen LogP contribution is 2.21. The molecular weight excluding hydrogens is 382 g/mol. The molecule has 0 aliphatic rings. The van der Waals surface area contributed by atoms with Gasteiger partial charge in [0.05, 0.1) is 24.2 Å². The smallest absolute Gasteiger partial charge is 0.338 e. The summed E-state index contributed by atoms with van der Waals surface area (Å²) in [6.07, 6.45) is 0. The van der Waals surface area contributed by atoms with E-state index >= 15 is 0 Å². The summed E-state index contributed by atoms with van der Waals surface area (Å²) in [5.41, 5.74) is 2.04. The van der Waals surface area contributed by atoms with Gasteiger partial charge in [0.1, 0.15) is 12.4 Å². The van der Waals surface area contributed by atoms with Gasteiger partial charge in [-0.2, -0.15) is 0 Å². The van der Waals surface area contributed by atoms with Crippen LogP contribution in [0.3, 0.4) is 0 Å². The molecule has 0 amide bonds. The summed E-state index contributed by atoms with van der Waals surface area (Å²) in [7, 11) is -0.642. The number of rotatable bonds is 9. The highest BCUT2D eigenvalue weighted by atomic mass is 32.2. The van der Waals surface area contributed by atoms with E-state index in [1.807, 2.05) is 25.1 Å². The van der Waals surface area contributed by atoms with E-state index < -0.39 is 16.0 Å². The van der Waals surface area contributed by atoms with Gasteiger partial charge in [-0.25, -0.2) is 17.9 Å². The minimum Gasteiger partial charge on any atom is -0.496 e. The van der Waals surface area contributed by atoms with Gasteiger partial charge in [-0.05, 0) is 50.2 Å². The number of ether oxygens (including phenoxy) is 3. The van der Waals surface area contributed by atoms with Crippen LogP contribution in [0.1, 0.15) is 28.4 Å². The molecule has 1 atom stereocenters. The van der Waals surface area contributed by atoms with Gasteiger partial charge < -0.3 is 14.2 Å². The summed E-state index contributed by atoms with van der Waals surface area (Å²) in [5, 5.41) is 0. The van der Waals surface area contributed by atoms with Crippen LogP contribution in [0.4, 0.5) is 0 Å². The second-order valence-electron chi connectivity index (χ2n) is 6.39. The Hall–Kier alpha value is -2.42. The molecule has 0 saturated heterocycles. The van der Waals surface area contributed by atoms with Gasteiger partial charge in [0, 0.05) is 18.7 Å². The van der Waals surface area contributed by atoms with Gasteiger partial charge in [-0.3, -0.25) is 0 Å². The fourth-order valence-corrected chi connectivity index (χ4v) is 3.86. The highest BCUT2D eigenvalue weighted by molar-refractivity contribution is 7.89. The quantitative estimate of drug-likeness (QED) is 0.643. The predicted octanol–water partition coefficient (Wildman–Crippen LogP) is 2.67. The molecule has 0 fully saturated rings. The molecule has 1 N–H and O–H groups in total. The number of aryl methyl sites for hydroxylation is 1. The Labute approximate surface area is 165 Å². The summed E-state index contributed by atoms with van der Waals surface area (Å²) in [6.45, 7) is 3.95. The van der Waals surface area contributed by atoms with Crippen molar-refractivity contribution in [2.24, 2.45) is 0 Å². The van der Waals surface area contributed by atoms with Crippen molar-refractivity contribution >= 4 is 16.0 Å². The van der Waals surface area contributed by atoms with Crippen molar-refractivity contribution in [3.8, 4) is 5.75 Å². The summed E-state index contributed by atoms with van der Waals surface area (Å²) in [6, 6.07) is 10.8. The van der Waals surface area contributed by atoms with Gasteiger partial charge in [0.2, 0.25) is 10.0 Å². The Kier molecular flexibility index (Phi) is 7.56. The van der Waals surface area contributed by atoms with E-state index in [1.54, 1.807) is 14.0 Å². The molecule has 0 saturated carbocycles. The number of hydrogen-bond donors (Lipinski definition) is 1. The van der Waals surface area contributed by atoms with Crippen LogP contribution in [-0.4, -0.2) is 41.3 Å². The second-order valence-corrected chi connectivity index (χ2v) is 8.11. The van der Waals surface area contributed by atoms with Crippen LogP contribution in [0, 0.1) is 6.92 Å². The lowest BCUT2D eigenvalue weighted by molar-refractivity contribution is 0.0470. The van der Waals surface area contributed by atoms with Gasteiger partial charge in [0.25, 0.3) is 0 Å². The molecule has 0 spiro atoms. The molecule has 0 bridgehead atoms. The van der Waals surface area contributed by atoms with E-state index in [-0.39, 0.29) is 29.7 Å². The lowest BCUT2D eigenvalue weighted by Crippen LogP contribution is -2.35. The van der Waals surface area contributed by atoms with Crippen molar-refractivity contribution in [3.63, 3.8) is 0 Å². The Morgan fingerprint density at radius 2 is 1.79 bits per heavy atom. The first kappa shape index (κ1) is 21.9. The largest absolute Gasteiger partial charge is 0.496 e. The predicted molar refractivity (Wildman–Crippen MR) is 105 cm³/mol. The molecule has 8 heteroatoms. The maximum Gasteiger partial charge on any atom is 0.338 e. The molecule has 0 heterocycles.